The highest BCUT2D eigenvalue weighted by Crippen LogP contribution is 2.41. The molecule has 0 bridgehead atoms. The Morgan fingerprint density at radius 2 is 2.14 bits per heavy atom. The van der Waals surface area contributed by atoms with Crippen LogP contribution in [0.25, 0.3) is 11.0 Å². The number of aromatic nitrogens is 3. The quantitative estimate of drug-likeness (QED) is 0.635. The van der Waals surface area contributed by atoms with Crippen LogP contribution in [0.3, 0.4) is 0 Å². The van der Waals surface area contributed by atoms with Gasteiger partial charge in [-0.05, 0) is 44.7 Å². The van der Waals surface area contributed by atoms with Gasteiger partial charge in [0.05, 0.1) is 12.8 Å². The molecule has 1 aliphatic carbocycles. The van der Waals surface area contributed by atoms with Crippen molar-refractivity contribution in [3.05, 3.63) is 23.0 Å². The first kappa shape index (κ1) is 16.7. The van der Waals surface area contributed by atoms with E-state index in [9.17, 15) is 4.79 Å². The third-order valence-corrected chi connectivity index (χ3v) is 4.15. The average molecular weight is 324 g/mol. The summed E-state index contributed by atoms with van der Waals surface area (Å²) in [7, 11) is 0. The highest BCUT2D eigenvalue weighted by molar-refractivity contribution is 6.29. The van der Waals surface area contributed by atoms with Crippen molar-refractivity contribution in [3.63, 3.8) is 0 Å². The van der Waals surface area contributed by atoms with Crippen molar-refractivity contribution in [1.82, 2.24) is 14.8 Å². The summed E-state index contributed by atoms with van der Waals surface area (Å²) in [5, 5.41) is 5.72. The minimum absolute atomic E-state index is 0.226. The first-order chi connectivity index (χ1) is 10.6. The van der Waals surface area contributed by atoms with Gasteiger partial charge in [-0.1, -0.05) is 25.4 Å². The Kier molecular flexibility index (Phi) is 5.06. The van der Waals surface area contributed by atoms with Gasteiger partial charge in [0.25, 0.3) is 0 Å². The van der Waals surface area contributed by atoms with Crippen LogP contribution in [0.15, 0.2) is 12.3 Å². The molecule has 0 spiro atoms. The van der Waals surface area contributed by atoms with Crippen molar-refractivity contribution in [2.45, 2.75) is 52.5 Å². The molecule has 6 heteroatoms. The first-order valence-electron chi connectivity index (χ1n) is 7.77. The number of hydrogen-bond donors (Lipinski definition) is 0. The first-order valence-corrected chi connectivity index (χ1v) is 8.15. The number of carbonyl (C=O) groups excluding carboxylic acids is 1. The standard InChI is InChI=1S/C14H16ClN3O2.C2H6/c1-3-20-13(19)14(5-4-6-14)18-12-10(8-16-18)9(2)7-11(15)17-12;1-2/h7-8H,3-6H2,1-2H3;1-2H3. The van der Waals surface area contributed by atoms with Crippen LogP contribution in [-0.2, 0) is 15.1 Å². The number of rotatable bonds is 3. The molecule has 0 unspecified atom stereocenters. The zero-order valence-corrected chi connectivity index (χ0v) is 14.3. The van der Waals surface area contributed by atoms with E-state index in [2.05, 4.69) is 10.1 Å². The molecule has 0 amide bonds. The average Bonchev–Trinajstić information content (AvgIpc) is 2.85. The lowest BCUT2D eigenvalue weighted by atomic mass is 9.77. The minimum Gasteiger partial charge on any atom is -0.464 e. The van der Waals surface area contributed by atoms with E-state index in [1.807, 2.05) is 27.7 Å². The molecule has 0 saturated heterocycles. The number of hydrogen-bond acceptors (Lipinski definition) is 4. The number of halogens is 1. The molecule has 0 aliphatic heterocycles. The van der Waals surface area contributed by atoms with Crippen LogP contribution >= 0.6 is 11.6 Å². The molecule has 0 radical (unpaired) electrons. The number of fused-ring (bicyclic) bond motifs is 1. The number of ether oxygens (including phenoxy) is 1. The van der Waals surface area contributed by atoms with Crippen molar-refractivity contribution in [3.8, 4) is 0 Å². The molecule has 1 aliphatic rings. The molecule has 0 aromatic carbocycles. The predicted octanol–water partition coefficient (Wildman–Crippen LogP) is 3.86. The van der Waals surface area contributed by atoms with Crippen LogP contribution in [0.4, 0.5) is 0 Å². The molecule has 0 atom stereocenters. The van der Waals surface area contributed by atoms with Gasteiger partial charge in [-0.2, -0.15) is 5.10 Å². The van der Waals surface area contributed by atoms with Gasteiger partial charge in [-0.15, -0.1) is 0 Å². The Bertz CT molecular complexity index is 677. The third kappa shape index (κ3) is 2.58. The van der Waals surface area contributed by atoms with Crippen molar-refractivity contribution in [1.29, 1.82) is 0 Å². The Balaban J connectivity index is 0.000000847. The fourth-order valence-electron chi connectivity index (χ4n) is 2.71. The molecule has 2 aromatic rings. The predicted molar refractivity (Wildman–Crippen MR) is 87.1 cm³/mol. The lowest BCUT2D eigenvalue weighted by Gasteiger charge is -2.39. The molecule has 1 saturated carbocycles. The molecule has 0 N–H and O–H groups in total. The van der Waals surface area contributed by atoms with Gasteiger partial charge in [-0.3, -0.25) is 0 Å². The maximum absolute atomic E-state index is 12.3. The van der Waals surface area contributed by atoms with E-state index in [0.29, 0.717) is 17.4 Å². The van der Waals surface area contributed by atoms with E-state index in [1.165, 1.54) is 0 Å². The van der Waals surface area contributed by atoms with Crippen LogP contribution in [0, 0.1) is 6.92 Å². The molecule has 2 aromatic heterocycles. The normalized spacial score (nSPS) is 15.7. The fourth-order valence-corrected chi connectivity index (χ4v) is 2.95. The van der Waals surface area contributed by atoms with Crippen molar-refractivity contribution in [2.75, 3.05) is 6.61 Å². The largest absolute Gasteiger partial charge is 0.464 e. The van der Waals surface area contributed by atoms with Crippen LogP contribution < -0.4 is 0 Å². The van der Waals surface area contributed by atoms with Crippen LogP contribution in [-0.4, -0.2) is 27.3 Å². The second-order valence-corrected chi connectivity index (χ2v) is 5.55. The van der Waals surface area contributed by atoms with E-state index in [0.717, 1.165) is 30.2 Å². The Morgan fingerprint density at radius 3 is 2.68 bits per heavy atom. The van der Waals surface area contributed by atoms with Gasteiger partial charge >= 0.3 is 5.97 Å². The van der Waals surface area contributed by atoms with Crippen LogP contribution in [0.1, 0.15) is 45.6 Å². The zero-order chi connectivity index (χ0) is 16.3. The summed E-state index contributed by atoms with van der Waals surface area (Å²) < 4.78 is 6.92. The van der Waals surface area contributed by atoms with Gasteiger partial charge in [0.1, 0.15) is 5.15 Å². The van der Waals surface area contributed by atoms with Crippen molar-refractivity contribution >= 4 is 28.6 Å². The lowest BCUT2D eigenvalue weighted by molar-refractivity contribution is -0.159. The summed E-state index contributed by atoms with van der Waals surface area (Å²) in [4.78, 5) is 16.7. The maximum Gasteiger partial charge on any atom is 0.334 e. The SMILES string of the molecule is CC.CCOC(=O)C1(n2ncc3c(C)cc(Cl)nc32)CCC1. The lowest BCUT2D eigenvalue weighted by Crippen LogP contribution is -2.49. The van der Waals surface area contributed by atoms with E-state index in [4.69, 9.17) is 16.3 Å². The molecule has 2 heterocycles. The molecule has 5 nitrogen and oxygen atoms in total. The molecule has 1 fully saturated rings. The zero-order valence-electron chi connectivity index (χ0n) is 13.5. The summed E-state index contributed by atoms with van der Waals surface area (Å²) in [6.45, 7) is 8.14. The summed E-state index contributed by atoms with van der Waals surface area (Å²) >= 11 is 6.04. The Morgan fingerprint density at radius 1 is 1.45 bits per heavy atom. The molecule has 22 heavy (non-hydrogen) atoms. The van der Waals surface area contributed by atoms with Gasteiger partial charge in [0.15, 0.2) is 11.2 Å². The number of aryl methyl sites for hydroxylation is 1. The van der Waals surface area contributed by atoms with E-state index < -0.39 is 5.54 Å². The summed E-state index contributed by atoms with van der Waals surface area (Å²) in [5.41, 5.74) is 0.953. The highest BCUT2D eigenvalue weighted by Gasteiger charge is 2.49. The van der Waals surface area contributed by atoms with E-state index in [-0.39, 0.29) is 5.97 Å². The van der Waals surface area contributed by atoms with Gasteiger partial charge in [0.2, 0.25) is 0 Å². The smallest absolute Gasteiger partial charge is 0.334 e. The monoisotopic (exact) mass is 323 g/mol. The minimum atomic E-state index is -0.706. The summed E-state index contributed by atoms with van der Waals surface area (Å²) in [6, 6.07) is 1.80. The van der Waals surface area contributed by atoms with Gasteiger partial charge in [0, 0.05) is 5.39 Å². The Labute approximate surface area is 135 Å². The van der Waals surface area contributed by atoms with Crippen LogP contribution in [0.2, 0.25) is 5.15 Å². The fraction of sp³-hybridized carbons (Fsp3) is 0.562. The number of carbonyl (C=O) groups is 1. The maximum atomic E-state index is 12.3. The van der Waals surface area contributed by atoms with Crippen LogP contribution in [0.5, 0.6) is 0 Å². The summed E-state index contributed by atoms with van der Waals surface area (Å²) in [5.74, 6) is -0.226. The van der Waals surface area contributed by atoms with E-state index >= 15 is 0 Å². The summed E-state index contributed by atoms with van der Waals surface area (Å²) in [6.07, 6.45) is 4.19. The highest BCUT2D eigenvalue weighted by atomic mass is 35.5. The second kappa shape index (κ2) is 6.65. The molecular formula is C16H22ClN3O2. The van der Waals surface area contributed by atoms with Crippen molar-refractivity contribution in [2.24, 2.45) is 0 Å². The third-order valence-electron chi connectivity index (χ3n) is 3.96. The van der Waals surface area contributed by atoms with E-state index in [1.54, 1.807) is 16.9 Å². The molecule has 120 valence electrons. The van der Waals surface area contributed by atoms with Gasteiger partial charge in [-0.25, -0.2) is 14.5 Å². The number of esters is 1. The molecular weight excluding hydrogens is 302 g/mol. The second-order valence-electron chi connectivity index (χ2n) is 5.16. The van der Waals surface area contributed by atoms with Crippen molar-refractivity contribution < 1.29 is 9.53 Å². The molecule has 3 rings (SSSR count). The topological polar surface area (TPSA) is 57.0 Å². The number of nitrogens with zero attached hydrogens (tertiary/aromatic N) is 3. The van der Waals surface area contributed by atoms with Gasteiger partial charge < -0.3 is 4.74 Å². The Hall–Kier alpha value is -1.62. The number of pyridine rings is 1.